The topological polar surface area (TPSA) is 70.8 Å². The second-order valence-electron chi connectivity index (χ2n) is 3.47. The first-order valence-corrected chi connectivity index (χ1v) is 4.93. The van der Waals surface area contributed by atoms with Crippen molar-refractivity contribution in [2.45, 2.75) is 12.5 Å². The van der Waals surface area contributed by atoms with E-state index in [2.05, 4.69) is 4.74 Å². The normalized spacial score (nSPS) is 13.8. The molecule has 17 heavy (non-hydrogen) atoms. The first kappa shape index (κ1) is 13.6. The quantitative estimate of drug-likeness (QED) is 0.831. The first-order valence-electron chi connectivity index (χ1n) is 4.93. The minimum Gasteiger partial charge on any atom is -0.469 e. The van der Waals surface area contributed by atoms with E-state index >= 15 is 0 Å². The molecule has 6 heteroatoms. The van der Waals surface area contributed by atoms with Crippen molar-refractivity contribution < 1.29 is 19.0 Å². The number of carbonyl (C=O) groups is 1. The second-order valence-corrected chi connectivity index (χ2v) is 3.47. The fraction of sp³-hybridized carbons (Fsp3) is 0.364. The lowest BCUT2D eigenvalue weighted by Crippen LogP contribution is -2.16. The SMILES string of the molecule is COC(=O)C[C@@H](N)c1cccc2c1OCO2.Cl. The van der Waals surface area contributed by atoms with Crippen molar-refractivity contribution in [2.75, 3.05) is 13.9 Å². The Morgan fingerprint density at radius 2 is 2.29 bits per heavy atom. The van der Waals surface area contributed by atoms with Gasteiger partial charge in [-0.3, -0.25) is 4.79 Å². The van der Waals surface area contributed by atoms with Crippen LogP contribution in [0.3, 0.4) is 0 Å². The van der Waals surface area contributed by atoms with Crippen LogP contribution >= 0.6 is 12.4 Å². The summed E-state index contributed by atoms with van der Waals surface area (Å²) in [4.78, 5) is 11.1. The predicted octanol–water partition coefficient (Wildman–Crippen LogP) is 1.40. The van der Waals surface area contributed by atoms with E-state index in [0.717, 1.165) is 5.56 Å². The Hall–Kier alpha value is -1.46. The van der Waals surface area contributed by atoms with Gasteiger partial charge in [0.25, 0.3) is 0 Å². The van der Waals surface area contributed by atoms with Crippen LogP contribution in [0.5, 0.6) is 11.5 Å². The van der Waals surface area contributed by atoms with E-state index in [1.165, 1.54) is 7.11 Å². The summed E-state index contributed by atoms with van der Waals surface area (Å²) < 4.78 is 15.1. The Balaban J connectivity index is 0.00000144. The molecule has 1 atom stereocenters. The molecule has 2 rings (SSSR count). The number of hydrogen-bond acceptors (Lipinski definition) is 5. The predicted molar refractivity (Wildman–Crippen MR) is 63.4 cm³/mol. The van der Waals surface area contributed by atoms with Crippen LogP contribution in [0.1, 0.15) is 18.0 Å². The first-order chi connectivity index (χ1) is 7.72. The van der Waals surface area contributed by atoms with Crippen molar-refractivity contribution in [3.8, 4) is 11.5 Å². The van der Waals surface area contributed by atoms with Gasteiger partial charge in [0.15, 0.2) is 11.5 Å². The number of hydrogen-bond donors (Lipinski definition) is 1. The van der Waals surface area contributed by atoms with Crippen LogP contribution in [0.25, 0.3) is 0 Å². The van der Waals surface area contributed by atoms with Crippen LogP contribution in [0.2, 0.25) is 0 Å². The van der Waals surface area contributed by atoms with Crippen molar-refractivity contribution in [3.05, 3.63) is 23.8 Å². The number of rotatable bonds is 3. The fourth-order valence-corrected chi connectivity index (χ4v) is 1.62. The van der Waals surface area contributed by atoms with Gasteiger partial charge in [-0.2, -0.15) is 0 Å². The molecule has 1 aliphatic rings. The van der Waals surface area contributed by atoms with Crippen LogP contribution in [-0.4, -0.2) is 19.9 Å². The van der Waals surface area contributed by atoms with Crippen molar-refractivity contribution in [1.29, 1.82) is 0 Å². The zero-order chi connectivity index (χ0) is 11.5. The van der Waals surface area contributed by atoms with Gasteiger partial charge in [0.1, 0.15) is 0 Å². The van der Waals surface area contributed by atoms with Gasteiger partial charge in [0.2, 0.25) is 6.79 Å². The number of esters is 1. The largest absolute Gasteiger partial charge is 0.469 e. The summed E-state index contributed by atoms with van der Waals surface area (Å²) in [5.74, 6) is 0.945. The molecule has 1 aromatic rings. The van der Waals surface area contributed by atoms with E-state index in [1.54, 1.807) is 6.07 Å². The van der Waals surface area contributed by atoms with Gasteiger partial charge in [0, 0.05) is 11.6 Å². The number of ether oxygens (including phenoxy) is 3. The summed E-state index contributed by atoms with van der Waals surface area (Å²) in [6.07, 6.45) is 0.121. The highest BCUT2D eigenvalue weighted by Gasteiger charge is 2.22. The standard InChI is InChI=1S/C11H13NO4.ClH/c1-14-10(13)5-8(12)7-3-2-4-9-11(7)16-6-15-9;/h2-4,8H,5-6,12H2,1H3;1H/t8-;/m1./s1. The third kappa shape index (κ3) is 2.81. The Morgan fingerprint density at radius 3 is 3.00 bits per heavy atom. The third-order valence-corrected chi connectivity index (χ3v) is 2.44. The van der Waals surface area contributed by atoms with Crippen molar-refractivity contribution >= 4 is 18.4 Å². The Bertz CT molecular complexity index is 410. The van der Waals surface area contributed by atoms with Gasteiger partial charge in [-0.1, -0.05) is 12.1 Å². The van der Waals surface area contributed by atoms with E-state index in [9.17, 15) is 4.79 Å². The number of methoxy groups -OCH3 is 1. The van der Waals surface area contributed by atoms with E-state index in [4.69, 9.17) is 15.2 Å². The lowest BCUT2D eigenvalue weighted by atomic mass is 10.0. The van der Waals surface area contributed by atoms with Crippen LogP contribution in [0.4, 0.5) is 0 Å². The molecular formula is C11H14ClNO4. The summed E-state index contributed by atoms with van der Waals surface area (Å²) in [5, 5.41) is 0. The molecule has 0 aliphatic carbocycles. The van der Waals surface area contributed by atoms with Crippen molar-refractivity contribution in [2.24, 2.45) is 5.73 Å². The monoisotopic (exact) mass is 259 g/mol. The fourth-order valence-electron chi connectivity index (χ4n) is 1.62. The number of para-hydroxylation sites is 1. The number of nitrogens with two attached hydrogens (primary N) is 1. The Kier molecular flexibility index (Phi) is 4.60. The molecule has 0 saturated heterocycles. The number of carbonyl (C=O) groups excluding carboxylic acids is 1. The molecule has 0 saturated carbocycles. The molecule has 1 heterocycles. The van der Waals surface area contributed by atoms with E-state index < -0.39 is 6.04 Å². The lowest BCUT2D eigenvalue weighted by molar-refractivity contribution is -0.141. The Labute approximate surface area is 105 Å². The van der Waals surface area contributed by atoms with Gasteiger partial charge >= 0.3 is 5.97 Å². The smallest absolute Gasteiger partial charge is 0.307 e. The Morgan fingerprint density at radius 1 is 1.53 bits per heavy atom. The number of halogens is 1. The van der Waals surface area contributed by atoms with E-state index in [1.807, 2.05) is 12.1 Å². The van der Waals surface area contributed by atoms with Crippen LogP contribution in [-0.2, 0) is 9.53 Å². The third-order valence-electron chi connectivity index (χ3n) is 2.44. The molecule has 5 nitrogen and oxygen atoms in total. The molecule has 0 amide bonds. The molecule has 94 valence electrons. The molecule has 0 spiro atoms. The molecular weight excluding hydrogens is 246 g/mol. The van der Waals surface area contributed by atoms with Gasteiger partial charge in [0.05, 0.1) is 13.5 Å². The maximum absolute atomic E-state index is 11.1. The molecule has 1 aromatic carbocycles. The number of fused-ring (bicyclic) bond motifs is 1. The maximum Gasteiger partial charge on any atom is 0.307 e. The molecule has 0 bridgehead atoms. The average Bonchev–Trinajstić information content (AvgIpc) is 2.76. The summed E-state index contributed by atoms with van der Waals surface area (Å²) in [5.41, 5.74) is 6.67. The van der Waals surface area contributed by atoms with Crippen LogP contribution in [0, 0.1) is 0 Å². The summed E-state index contributed by atoms with van der Waals surface area (Å²) in [6, 6.07) is 5.00. The lowest BCUT2D eigenvalue weighted by Gasteiger charge is -2.12. The van der Waals surface area contributed by atoms with E-state index in [-0.39, 0.29) is 31.6 Å². The zero-order valence-electron chi connectivity index (χ0n) is 9.34. The van der Waals surface area contributed by atoms with E-state index in [0.29, 0.717) is 11.5 Å². The molecule has 0 fully saturated rings. The van der Waals surface area contributed by atoms with Gasteiger partial charge < -0.3 is 19.9 Å². The van der Waals surface area contributed by atoms with Gasteiger partial charge in [-0.05, 0) is 6.07 Å². The summed E-state index contributed by atoms with van der Waals surface area (Å²) in [6.45, 7) is 0.192. The highest BCUT2D eigenvalue weighted by molar-refractivity contribution is 5.85. The molecule has 0 aromatic heterocycles. The molecule has 0 unspecified atom stereocenters. The summed E-state index contributed by atoms with van der Waals surface area (Å²) >= 11 is 0. The van der Waals surface area contributed by atoms with Crippen molar-refractivity contribution in [1.82, 2.24) is 0 Å². The average molecular weight is 260 g/mol. The highest BCUT2D eigenvalue weighted by atomic mass is 35.5. The zero-order valence-corrected chi connectivity index (χ0v) is 10.2. The van der Waals surface area contributed by atoms with Crippen molar-refractivity contribution in [3.63, 3.8) is 0 Å². The second kappa shape index (κ2) is 5.75. The highest BCUT2D eigenvalue weighted by Crippen LogP contribution is 2.38. The number of benzene rings is 1. The van der Waals surface area contributed by atoms with Crippen LogP contribution in [0.15, 0.2) is 18.2 Å². The minimum absolute atomic E-state index is 0. The van der Waals surface area contributed by atoms with Gasteiger partial charge in [-0.25, -0.2) is 0 Å². The maximum atomic E-state index is 11.1. The van der Waals surface area contributed by atoms with Gasteiger partial charge in [-0.15, -0.1) is 12.4 Å². The minimum atomic E-state index is -0.441. The molecule has 1 aliphatic heterocycles. The summed E-state index contributed by atoms with van der Waals surface area (Å²) in [7, 11) is 1.34. The molecule has 0 radical (unpaired) electrons. The molecule has 2 N–H and O–H groups in total. The van der Waals surface area contributed by atoms with Crippen LogP contribution < -0.4 is 15.2 Å².